The molecular weight excluding hydrogens is 186 g/mol. The van der Waals surface area contributed by atoms with Crippen molar-refractivity contribution < 1.29 is 5.11 Å². The average molecular weight is 211 g/mol. The summed E-state index contributed by atoms with van der Waals surface area (Å²) < 4.78 is 0. The minimum atomic E-state index is -0.0370. The highest BCUT2D eigenvalue weighted by atomic mass is 16.3. The lowest BCUT2D eigenvalue weighted by atomic mass is 9.86. The van der Waals surface area contributed by atoms with Crippen molar-refractivity contribution in [3.8, 4) is 0 Å². The van der Waals surface area contributed by atoms with Gasteiger partial charge >= 0.3 is 0 Å². The Morgan fingerprint density at radius 2 is 1.93 bits per heavy atom. The molecule has 2 N–H and O–H groups in total. The van der Waals surface area contributed by atoms with Gasteiger partial charge in [0.25, 0.3) is 0 Å². The fourth-order valence-corrected chi connectivity index (χ4v) is 3.14. The molecule has 0 heterocycles. The lowest BCUT2D eigenvalue weighted by Gasteiger charge is -2.29. The van der Waals surface area contributed by atoms with Gasteiger partial charge in [0.1, 0.15) is 0 Å². The summed E-state index contributed by atoms with van der Waals surface area (Å²) in [4.78, 5) is 0. The minimum Gasteiger partial charge on any atom is -0.393 e. The molecule has 2 saturated carbocycles. The SMILES string of the molecule is CC1CCC(NCC2CCCCC2O)C1. The summed E-state index contributed by atoms with van der Waals surface area (Å²) >= 11 is 0. The molecule has 0 bridgehead atoms. The van der Waals surface area contributed by atoms with Crippen molar-refractivity contribution in [1.29, 1.82) is 0 Å². The molecule has 2 rings (SSSR count). The van der Waals surface area contributed by atoms with Crippen LogP contribution in [0, 0.1) is 11.8 Å². The summed E-state index contributed by atoms with van der Waals surface area (Å²) in [5, 5.41) is 13.5. The van der Waals surface area contributed by atoms with E-state index in [0.29, 0.717) is 5.92 Å². The van der Waals surface area contributed by atoms with Crippen LogP contribution in [-0.2, 0) is 0 Å². The maximum absolute atomic E-state index is 9.85. The third kappa shape index (κ3) is 3.18. The summed E-state index contributed by atoms with van der Waals surface area (Å²) in [6.07, 6.45) is 8.79. The maximum atomic E-state index is 9.85. The molecule has 2 nitrogen and oxygen atoms in total. The fourth-order valence-electron chi connectivity index (χ4n) is 3.14. The van der Waals surface area contributed by atoms with Crippen molar-refractivity contribution in [2.45, 2.75) is 64.0 Å². The lowest BCUT2D eigenvalue weighted by molar-refractivity contribution is 0.0681. The van der Waals surface area contributed by atoms with Gasteiger partial charge in [0.15, 0.2) is 0 Å². The number of nitrogens with one attached hydrogen (secondary N) is 1. The Balaban J connectivity index is 1.68. The normalized spacial score (nSPS) is 42.0. The van der Waals surface area contributed by atoms with E-state index in [4.69, 9.17) is 0 Å². The van der Waals surface area contributed by atoms with Crippen LogP contribution in [0.1, 0.15) is 51.9 Å². The molecular formula is C13H25NO. The first-order chi connectivity index (χ1) is 7.25. The largest absolute Gasteiger partial charge is 0.393 e. The van der Waals surface area contributed by atoms with Crippen LogP contribution >= 0.6 is 0 Å². The van der Waals surface area contributed by atoms with E-state index in [9.17, 15) is 5.11 Å². The third-order valence-corrected chi connectivity index (χ3v) is 4.23. The molecule has 88 valence electrons. The fraction of sp³-hybridized carbons (Fsp3) is 1.00. The van der Waals surface area contributed by atoms with Gasteiger partial charge in [-0.05, 0) is 43.9 Å². The molecule has 0 amide bonds. The predicted molar refractivity (Wildman–Crippen MR) is 62.8 cm³/mol. The highest BCUT2D eigenvalue weighted by Crippen LogP contribution is 2.27. The van der Waals surface area contributed by atoms with Crippen LogP contribution in [0.3, 0.4) is 0 Å². The summed E-state index contributed by atoms with van der Waals surface area (Å²) in [6.45, 7) is 3.38. The predicted octanol–water partition coefficient (Wildman–Crippen LogP) is 2.32. The van der Waals surface area contributed by atoms with Crippen molar-refractivity contribution >= 4 is 0 Å². The molecule has 0 spiro atoms. The molecule has 0 aliphatic heterocycles. The van der Waals surface area contributed by atoms with E-state index >= 15 is 0 Å². The number of aliphatic hydroxyl groups excluding tert-OH is 1. The number of rotatable bonds is 3. The molecule has 2 aliphatic rings. The van der Waals surface area contributed by atoms with Crippen molar-refractivity contribution in [3.05, 3.63) is 0 Å². The van der Waals surface area contributed by atoms with Crippen LogP contribution in [0.4, 0.5) is 0 Å². The highest BCUT2D eigenvalue weighted by molar-refractivity contribution is 4.82. The number of hydrogen-bond acceptors (Lipinski definition) is 2. The van der Waals surface area contributed by atoms with Gasteiger partial charge in [-0.15, -0.1) is 0 Å². The van der Waals surface area contributed by atoms with E-state index in [2.05, 4.69) is 12.2 Å². The first-order valence-electron chi connectivity index (χ1n) is 6.67. The topological polar surface area (TPSA) is 32.3 Å². The summed E-state index contributed by atoms with van der Waals surface area (Å²) in [7, 11) is 0. The van der Waals surface area contributed by atoms with Gasteiger partial charge in [0.05, 0.1) is 6.10 Å². The second-order valence-corrected chi connectivity index (χ2v) is 5.64. The molecule has 2 aliphatic carbocycles. The van der Waals surface area contributed by atoms with E-state index in [0.717, 1.165) is 24.9 Å². The Morgan fingerprint density at radius 1 is 1.13 bits per heavy atom. The monoisotopic (exact) mass is 211 g/mol. The Hall–Kier alpha value is -0.0800. The summed E-state index contributed by atoms with van der Waals surface area (Å²) in [5.74, 6) is 1.42. The van der Waals surface area contributed by atoms with Crippen LogP contribution in [0.25, 0.3) is 0 Å². The Kier molecular flexibility index (Phi) is 4.04. The molecule has 2 heteroatoms. The molecule has 15 heavy (non-hydrogen) atoms. The molecule has 4 atom stereocenters. The van der Waals surface area contributed by atoms with Gasteiger partial charge in [0.2, 0.25) is 0 Å². The quantitative estimate of drug-likeness (QED) is 0.751. The Bertz CT molecular complexity index is 195. The standard InChI is InChI=1S/C13H25NO/c1-10-6-7-12(8-10)14-9-11-4-2-3-5-13(11)15/h10-15H,2-9H2,1H3. The zero-order chi connectivity index (χ0) is 10.7. The van der Waals surface area contributed by atoms with Crippen LogP contribution in [0.2, 0.25) is 0 Å². The molecule has 0 radical (unpaired) electrons. The van der Waals surface area contributed by atoms with Crippen molar-refractivity contribution in [3.63, 3.8) is 0 Å². The number of hydrogen-bond donors (Lipinski definition) is 2. The molecule has 4 unspecified atom stereocenters. The molecule has 0 saturated heterocycles. The minimum absolute atomic E-state index is 0.0370. The maximum Gasteiger partial charge on any atom is 0.0580 e. The van der Waals surface area contributed by atoms with Crippen LogP contribution in [0.5, 0.6) is 0 Å². The average Bonchev–Trinajstić information content (AvgIpc) is 2.63. The molecule has 2 fully saturated rings. The Morgan fingerprint density at radius 3 is 2.60 bits per heavy atom. The zero-order valence-electron chi connectivity index (χ0n) is 9.91. The van der Waals surface area contributed by atoms with E-state index in [1.165, 1.54) is 38.5 Å². The second-order valence-electron chi connectivity index (χ2n) is 5.64. The first-order valence-corrected chi connectivity index (χ1v) is 6.67. The van der Waals surface area contributed by atoms with Crippen LogP contribution < -0.4 is 5.32 Å². The van der Waals surface area contributed by atoms with Gasteiger partial charge < -0.3 is 10.4 Å². The summed E-state index contributed by atoms with van der Waals surface area (Å²) in [6, 6.07) is 0.731. The van der Waals surface area contributed by atoms with Crippen molar-refractivity contribution in [1.82, 2.24) is 5.32 Å². The highest BCUT2D eigenvalue weighted by Gasteiger charge is 2.25. The van der Waals surface area contributed by atoms with Gasteiger partial charge in [-0.3, -0.25) is 0 Å². The third-order valence-electron chi connectivity index (χ3n) is 4.23. The smallest absolute Gasteiger partial charge is 0.0580 e. The molecule has 0 aromatic carbocycles. The Labute approximate surface area is 93.5 Å². The van der Waals surface area contributed by atoms with E-state index in [-0.39, 0.29) is 6.10 Å². The molecule has 0 aromatic heterocycles. The van der Waals surface area contributed by atoms with Gasteiger partial charge in [-0.1, -0.05) is 19.8 Å². The van der Waals surface area contributed by atoms with E-state index < -0.39 is 0 Å². The van der Waals surface area contributed by atoms with Crippen molar-refractivity contribution in [2.24, 2.45) is 11.8 Å². The van der Waals surface area contributed by atoms with Crippen LogP contribution in [0.15, 0.2) is 0 Å². The zero-order valence-corrected chi connectivity index (χ0v) is 9.91. The van der Waals surface area contributed by atoms with E-state index in [1.54, 1.807) is 0 Å². The lowest BCUT2D eigenvalue weighted by Crippen LogP contribution is -2.37. The number of aliphatic hydroxyl groups is 1. The molecule has 0 aromatic rings. The first kappa shape index (κ1) is 11.4. The van der Waals surface area contributed by atoms with E-state index in [1.807, 2.05) is 0 Å². The van der Waals surface area contributed by atoms with Crippen LogP contribution in [-0.4, -0.2) is 23.8 Å². The van der Waals surface area contributed by atoms with Gasteiger partial charge in [0, 0.05) is 12.6 Å². The summed E-state index contributed by atoms with van der Waals surface area (Å²) in [5.41, 5.74) is 0. The van der Waals surface area contributed by atoms with Crippen molar-refractivity contribution in [2.75, 3.05) is 6.54 Å². The second kappa shape index (κ2) is 5.31. The van der Waals surface area contributed by atoms with Gasteiger partial charge in [-0.25, -0.2) is 0 Å². The van der Waals surface area contributed by atoms with Gasteiger partial charge in [-0.2, -0.15) is 0 Å².